The molecular weight excluding hydrogens is 419 g/mol. The molecule has 33 heavy (non-hydrogen) atoms. The van der Waals surface area contributed by atoms with Crippen LogP contribution in [0.1, 0.15) is 69.7 Å². The summed E-state index contributed by atoms with van der Waals surface area (Å²) in [6, 6.07) is 9.03. The average Bonchev–Trinajstić information content (AvgIpc) is 3.08. The van der Waals surface area contributed by atoms with Crippen LogP contribution in [0.3, 0.4) is 0 Å². The van der Waals surface area contributed by atoms with Gasteiger partial charge in [0.15, 0.2) is 11.6 Å². The van der Waals surface area contributed by atoms with Crippen molar-refractivity contribution in [1.82, 2.24) is 0 Å². The predicted molar refractivity (Wildman–Crippen MR) is 122 cm³/mol. The van der Waals surface area contributed by atoms with E-state index in [-0.39, 0.29) is 36.1 Å². The monoisotopic (exact) mass is 452 g/mol. The zero-order chi connectivity index (χ0) is 23.8. The Morgan fingerprint density at radius 1 is 1.09 bits per heavy atom. The van der Waals surface area contributed by atoms with Crippen molar-refractivity contribution in [2.24, 2.45) is 34.5 Å². The Morgan fingerprint density at radius 2 is 1.79 bits per heavy atom. The van der Waals surface area contributed by atoms with Crippen LogP contribution in [0, 0.1) is 34.5 Å². The maximum atomic E-state index is 17.3. The molecule has 5 heteroatoms. The fourth-order valence-electron chi connectivity index (χ4n) is 8.44. The second-order valence-electron chi connectivity index (χ2n) is 11.4. The molecule has 1 aromatic carbocycles. The fraction of sp³-hybridized carbons (Fsp3) is 0.607. The van der Waals surface area contributed by atoms with Crippen LogP contribution >= 0.6 is 0 Å². The number of aliphatic hydroxyl groups excluding tert-OH is 1. The lowest BCUT2D eigenvalue weighted by atomic mass is 9.44. The molecule has 0 amide bonds. The molecule has 2 unspecified atom stereocenters. The van der Waals surface area contributed by atoms with Gasteiger partial charge in [0.05, 0.1) is 6.10 Å². The second-order valence-corrected chi connectivity index (χ2v) is 11.4. The maximum absolute atomic E-state index is 17.3. The summed E-state index contributed by atoms with van der Waals surface area (Å²) in [5.74, 6) is -1.75. The van der Waals surface area contributed by atoms with E-state index in [4.69, 9.17) is 0 Å². The number of ketones is 3. The summed E-state index contributed by atoms with van der Waals surface area (Å²) >= 11 is 0. The standard InChI is InChI=1S/C28H33FO4/c1-16(30)24-20(25(33)17-7-5-4-6-8-17)14-22-21-10-9-18-13-19(31)11-12-27(18,3)28(21,29)23(32)15-26(22,24)2/h4-8,13,20-24,32H,9-12,14-15H2,1-3H3/t20?,21-,22-,23?,24-,26-,27-,28-/m0/s1. The molecule has 1 aromatic rings. The van der Waals surface area contributed by atoms with Gasteiger partial charge in [0, 0.05) is 35.2 Å². The van der Waals surface area contributed by atoms with Gasteiger partial charge in [-0.2, -0.15) is 0 Å². The van der Waals surface area contributed by atoms with Crippen LogP contribution < -0.4 is 0 Å². The first-order valence-corrected chi connectivity index (χ1v) is 12.2. The number of fused-ring (bicyclic) bond motifs is 5. The van der Waals surface area contributed by atoms with Crippen LogP contribution in [0.2, 0.25) is 0 Å². The first-order valence-electron chi connectivity index (χ1n) is 12.2. The van der Waals surface area contributed by atoms with Crippen molar-refractivity contribution in [3.63, 3.8) is 0 Å². The molecule has 4 aliphatic carbocycles. The van der Waals surface area contributed by atoms with Crippen molar-refractivity contribution in [1.29, 1.82) is 0 Å². The molecule has 0 radical (unpaired) electrons. The Labute approximate surface area is 194 Å². The summed E-state index contributed by atoms with van der Waals surface area (Å²) in [7, 11) is 0. The second kappa shape index (κ2) is 7.43. The number of rotatable bonds is 3. The summed E-state index contributed by atoms with van der Waals surface area (Å²) in [4.78, 5) is 38.6. The first-order chi connectivity index (χ1) is 15.5. The molecule has 3 saturated carbocycles. The number of Topliss-reactive ketones (excluding diaryl/α,β-unsaturated/α-hetero) is 2. The van der Waals surface area contributed by atoms with Gasteiger partial charge in [0.2, 0.25) is 0 Å². The highest BCUT2D eigenvalue weighted by molar-refractivity contribution is 6.01. The van der Waals surface area contributed by atoms with Gasteiger partial charge in [-0.05, 0) is 56.4 Å². The van der Waals surface area contributed by atoms with Crippen molar-refractivity contribution in [2.45, 2.75) is 71.1 Å². The highest BCUT2D eigenvalue weighted by Crippen LogP contribution is 2.70. The molecule has 1 N–H and O–H groups in total. The van der Waals surface area contributed by atoms with Crippen LogP contribution in [0.25, 0.3) is 0 Å². The smallest absolute Gasteiger partial charge is 0.166 e. The lowest BCUT2D eigenvalue weighted by molar-refractivity contribution is -0.208. The highest BCUT2D eigenvalue weighted by atomic mass is 19.1. The van der Waals surface area contributed by atoms with Gasteiger partial charge in [-0.25, -0.2) is 4.39 Å². The molecule has 3 fully saturated rings. The third-order valence-electron chi connectivity index (χ3n) is 9.93. The minimum atomic E-state index is -1.87. The molecule has 0 bridgehead atoms. The quantitative estimate of drug-likeness (QED) is 0.663. The normalized spacial score (nSPS) is 44.3. The molecule has 8 atom stereocenters. The average molecular weight is 453 g/mol. The van der Waals surface area contributed by atoms with Crippen LogP contribution in [0.5, 0.6) is 0 Å². The molecule has 0 aliphatic heterocycles. The lowest BCUT2D eigenvalue weighted by Gasteiger charge is -2.62. The Balaban J connectivity index is 1.58. The lowest BCUT2D eigenvalue weighted by Crippen LogP contribution is -2.67. The molecule has 176 valence electrons. The van der Waals surface area contributed by atoms with Gasteiger partial charge in [-0.15, -0.1) is 0 Å². The number of hydrogen-bond donors (Lipinski definition) is 1. The zero-order valence-corrected chi connectivity index (χ0v) is 19.6. The summed E-state index contributed by atoms with van der Waals surface area (Å²) in [5, 5.41) is 11.4. The molecule has 0 spiro atoms. The van der Waals surface area contributed by atoms with E-state index in [1.165, 1.54) is 6.92 Å². The van der Waals surface area contributed by atoms with Crippen molar-refractivity contribution >= 4 is 17.3 Å². The van der Waals surface area contributed by atoms with E-state index in [1.54, 1.807) is 18.2 Å². The molecule has 5 rings (SSSR count). The number of halogens is 1. The van der Waals surface area contributed by atoms with Gasteiger partial charge >= 0.3 is 0 Å². The molecule has 4 nitrogen and oxygen atoms in total. The Morgan fingerprint density at radius 3 is 2.45 bits per heavy atom. The van der Waals surface area contributed by atoms with Crippen molar-refractivity contribution in [3.8, 4) is 0 Å². The molecular formula is C28H33FO4. The van der Waals surface area contributed by atoms with Crippen LogP contribution in [0.15, 0.2) is 42.0 Å². The van der Waals surface area contributed by atoms with E-state index < -0.39 is 40.4 Å². The Hall–Kier alpha value is -2.14. The van der Waals surface area contributed by atoms with Crippen molar-refractivity contribution in [3.05, 3.63) is 47.5 Å². The van der Waals surface area contributed by atoms with E-state index in [9.17, 15) is 19.5 Å². The maximum Gasteiger partial charge on any atom is 0.166 e. The summed E-state index contributed by atoms with van der Waals surface area (Å²) in [5.41, 5.74) is -2.00. The van der Waals surface area contributed by atoms with Crippen LogP contribution in [-0.2, 0) is 9.59 Å². The number of benzene rings is 1. The van der Waals surface area contributed by atoms with Gasteiger partial charge in [-0.1, -0.05) is 49.8 Å². The van der Waals surface area contributed by atoms with E-state index in [0.29, 0.717) is 31.2 Å². The van der Waals surface area contributed by atoms with Crippen LogP contribution in [0.4, 0.5) is 4.39 Å². The largest absolute Gasteiger partial charge is 0.390 e. The van der Waals surface area contributed by atoms with Crippen molar-refractivity contribution in [2.75, 3.05) is 0 Å². The fourth-order valence-corrected chi connectivity index (χ4v) is 8.44. The molecule has 4 aliphatic rings. The van der Waals surface area contributed by atoms with E-state index in [1.807, 2.05) is 32.0 Å². The number of alkyl halides is 1. The summed E-state index contributed by atoms with van der Waals surface area (Å²) in [6.45, 7) is 5.39. The predicted octanol–water partition coefficient (Wildman–Crippen LogP) is 4.90. The van der Waals surface area contributed by atoms with Gasteiger partial charge in [-0.3, -0.25) is 14.4 Å². The van der Waals surface area contributed by atoms with Gasteiger partial charge in [0.1, 0.15) is 11.5 Å². The molecule has 0 aromatic heterocycles. The highest BCUT2D eigenvalue weighted by Gasteiger charge is 2.72. The topological polar surface area (TPSA) is 71.4 Å². The van der Waals surface area contributed by atoms with E-state index >= 15 is 4.39 Å². The Kier molecular flexibility index (Phi) is 5.10. The number of hydrogen-bond acceptors (Lipinski definition) is 4. The number of allylic oxidation sites excluding steroid dienone is 1. The van der Waals surface area contributed by atoms with Gasteiger partial charge < -0.3 is 5.11 Å². The molecule has 0 heterocycles. The zero-order valence-electron chi connectivity index (χ0n) is 19.6. The van der Waals surface area contributed by atoms with Gasteiger partial charge in [0.25, 0.3) is 0 Å². The molecule has 0 saturated heterocycles. The Bertz CT molecular complexity index is 1050. The summed E-state index contributed by atoms with van der Waals surface area (Å²) in [6.07, 6.45) is 2.83. The SMILES string of the molecule is CC(=O)[C@H]1C(C(=O)c2ccccc2)C[C@H]2[C@@H]3CCC4=CC(=O)CC[C@]4(C)[C@@]3(F)C(O)C[C@]12C. The minimum Gasteiger partial charge on any atom is -0.390 e. The third kappa shape index (κ3) is 2.94. The number of carbonyl (C=O) groups excluding carboxylic acids is 3. The minimum absolute atomic E-state index is 0.0331. The van der Waals surface area contributed by atoms with Crippen molar-refractivity contribution < 1.29 is 23.9 Å². The first kappa shape index (κ1) is 22.6. The van der Waals surface area contributed by atoms with Crippen LogP contribution in [-0.4, -0.2) is 34.2 Å². The third-order valence-corrected chi connectivity index (χ3v) is 9.93. The van der Waals surface area contributed by atoms with E-state index in [0.717, 1.165) is 5.57 Å². The summed E-state index contributed by atoms with van der Waals surface area (Å²) < 4.78 is 17.3. The van der Waals surface area contributed by atoms with E-state index in [2.05, 4.69) is 0 Å². The number of carbonyl (C=O) groups is 3. The number of aliphatic hydroxyl groups is 1.